The molecule has 0 saturated heterocycles. The zero-order valence-corrected chi connectivity index (χ0v) is 19.5. The number of aromatic nitrogens is 4. The summed E-state index contributed by atoms with van der Waals surface area (Å²) >= 11 is 0. The van der Waals surface area contributed by atoms with Gasteiger partial charge >= 0.3 is 0 Å². The van der Waals surface area contributed by atoms with Crippen LogP contribution in [-0.2, 0) is 4.79 Å². The van der Waals surface area contributed by atoms with Gasteiger partial charge in [-0.05, 0) is 63.9 Å². The van der Waals surface area contributed by atoms with E-state index in [1.54, 1.807) is 12.4 Å². The van der Waals surface area contributed by atoms with E-state index in [1.807, 2.05) is 51.1 Å². The van der Waals surface area contributed by atoms with Crippen molar-refractivity contribution in [2.75, 3.05) is 11.9 Å². The Labute approximate surface area is 192 Å². The van der Waals surface area contributed by atoms with E-state index < -0.39 is 0 Å². The minimum absolute atomic E-state index is 0.0644. The van der Waals surface area contributed by atoms with Crippen molar-refractivity contribution in [3.63, 3.8) is 0 Å². The summed E-state index contributed by atoms with van der Waals surface area (Å²) in [6.07, 6.45) is 3.48. The molecule has 4 rings (SSSR count). The number of anilines is 2. The highest BCUT2D eigenvalue weighted by Crippen LogP contribution is 2.31. The summed E-state index contributed by atoms with van der Waals surface area (Å²) in [7, 11) is 0. The Hall–Kier alpha value is -3.94. The number of H-pyrrole nitrogens is 1. The Bertz CT molecular complexity index is 1290. The maximum atomic E-state index is 12.1. The van der Waals surface area contributed by atoms with Crippen LogP contribution in [0.3, 0.4) is 0 Å². The number of ether oxygens (including phenoxy) is 1. The van der Waals surface area contributed by atoms with Crippen molar-refractivity contribution < 1.29 is 9.53 Å². The van der Waals surface area contributed by atoms with Crippen molar-refractivity contribution >= 4 is 28.3 Å². The highest BCUT2D eigenvalue weighted by molar-refractivity contribution is 5.95. The molecule has 0 saturated carbocycles. The van der Waals surface area contributed by atoms with E-state index in [9.17, 15) is 4.79 Å². The van der Waals surface area contributed by atoms with Gasteiger partial charge in [-0.3, -0.25) is 9.89 Å². The fraction of sp³-hybridized carbons (Fsp3) is 0.280. The first-order valence-corrected chi connectivity index (χ1v) is 10.8. The van der Waals surface area contributed by atoms with Crippen LogP contribution in [0.5, 0.6) is 5.75 Å². The fourth-order valence-electron chi connectivity index (χ4n) is 3.50. The van der Waals surface area contributed by atoms with Gasteiger partial charge in [-0.25, -0.2) is 9.97 Å². The largest absolute Gasteiger partial charge is 0.484 e. The Balaban J connectivity index is 1.68. The number of rotatable bonds is 6. The molecule has 33 heavy (non-hydrogen) atoms. The van der Waals surface area contributed by atoms with E-state index in [-0.39, 0.29) is 18.1 Å². The molecule has 0 aliphatic heterocycles. The molecule has 8 nitrogen and oxygen atoms in total. The number of aromatic amines is 1. The van der Waals surface area contributed by atoms with Crippen molar-refractivity contribution in [1.82, 2.24) is 25.5 Å². The van der Waals surface area contributed by atoms with Crippen LogP contribution in [0.2, 0.25) is 0 Å². The van der Waals surface area contributed by atoms with Crippen LogP contribution >= 0.6 is 0 Å². The first-order valence-electron chi connectivity index (χ1n) is 10.8. The molecular weight excluding hydrogens is 416 g/mol. The number of carbonyl (C=O) groups is 1. The second kappa shape index (κ2) is 8.90. The number of amides is 1. The number of nitrogens with zero attached hydrogens (tertiary/aromatic N) is 3. The molecule has 0 bridgehead atoms. The van der Waals surface area contributed by atoms with Crippen molar-refractivity contribution in [1.29, 1.82) is 0 Å². The van der Waals surface area contributed by atoms with E-state index in [0.29, 0.717) is 17.4 Å². The van der Waals surface area contributed by atoms with Gasteiger partial charge in [0, 0.05) is 22.7 Å². The molecule has 1 amide bonds. The third kappa shape index (κ3) is 5.28. The molecule has 4 aromatic rings. The predicted molar refractivity (Wildman–Crippen MR) is 130 cm³/mol. The van der Waals surface area contributed by atoms with Gasteiger partial charge in [0.05, 0.1) is 17.4 Å². The molecule has 0 aliphatic rings. The number of nitrogens with one attached hydrogen (secondary N) is 3. The van der Waals surface area contributed by atoms with Gasteiger partial charge in [0.25, 0.3) is 5.91 Å². The third-order valence-corrected chi connectivity index (χ3v) is 5.13. The molecule has 2 aromatic carbocycles. The van der Waals surface area contributed by atoms with Crippen LogP contribution in [0.1, 0.15) is 31.9 Å². The summed E-state index contributed by atoms with van der Waals surface area (Å²) < 4.78 is 5.72. The third-order valence-electron chi connectivity index (χ3n) is 5.13. The maximum Gasteiger partial charge on any atom is 0.258 e. The molecule has 8 heteroatoms. The standard InChI is InChI=1S/C25H28N6O2/c1-15-9-10-20-22(16(15)2)24(28-18-12-26-27-13-18)30-23(29-20)17-7-6-8-19(11-17)33-14-21(32)31-25(3,4)5/h6-13H,14H2,1-5H3,(H,26,27)(H,31,32)(H,28,29,30). The number of carbonyl (C=O) groups excluding carboxylic acids is 1. The highest BCUT2D eigenvalue weighted by Gasteiger charge is 2.16. The van der Waals surface area contributed by atoms with Crippen molar-refractivity contribution in [3.05, 3.63) is 59.9 Å². The lowest BCUT2D eigenvalue weighted by molar-refractivity contribution is -0.124. The number of benzene rings is 2. The van der Waals surface area contributed by atoms with Crippen molar-refractivity contribution in [2.45, 2.75) is 40.2 Å². The lowest BCUT2D eigenvalue weighted by Gasteiger charge is -2.20. The molecule has 0 fully saturated rings. The van der Waals surface area contributed by atoms with Crippen LogP contribution < -0.4 is 15.4 Å². The predicted octanol–water partition coefficient (Wildman–Crippen LogP) is 4.67. The van der Waals surface area contributed by atoms with Crippen LogP contribution in [0.25, 0.3) is 22.3 Å². The number of aryl methyl sites for hydroxylation is 2. The van der Waals surface area contributed by atoms with Gasteiger partial charge in [-0.2, -0.15) is 5.10 Å². The first-order chi connectivity index (χ1) is 15.7. The summed E-state index contributed by atoms with van der Waals surface area (Å²) in [4.78, 5) is 21.8. The Morgan fingerprint density at radius 3 is 2.67 bits per heavy atom. The number of hydrogen-bond acceptors (Lipinski definition) is 6. The van der Waals surface area contributed by atoms with Gasteiger partial charge < -0.3 is 15.4 Å². The first kappa shape index (κ1) is 22.3. The topological polar surface area (TPSA) is 105 Å². The van der Waals surface area contributed by atoms with Crippen molar-refractivity contribution in [3.8, 4) is 17.1 Å². The lowest BCUT2D eigenvalue weighted by atomic mass is 10.0. The smallest absolute Gasteiger partial charge is 0.258 e. The summed E-state index contributed by atoms with van der Waals surface area (Å²) in [5.41, 5.74) is 4.41. The SMILES string of the molecule is Cc1ccc2nc(-c3cccc(OCC(=O)NC(C)(C)C)c3)nc(Nc3cn[nH]c3)c2c1C. The average Bonchev–Trinajstić information content (AvgIpc) is 3.27. The minimum Gasteiger partial charge on any atom is -0.484 e. The molecule has 3 N–H and O–H groups in total. The highest BCUT2D eigenvalue weighted by atomic mass is 16.5. The van der Waals surface area contributed by atoms with Crippen molar-refractivity contribution in [2.24, 2.45) is 0 Å². The van der Waals surface area contributed by atoms with Crippen LogP contribution in [-0.4, -0.2) is 38.2 Å². The minimum atomic E-state index is -0.309. The van der Waals surface area contributed by atoms with Crippen LogP contribution in [0.4, 0.5) is 11.5 Å². The van der Waals surface area contributed by atoms with Gasteiger partial charge in [-0.15, -0.1) is 0 Å². The molecule has 0 aliphatic carbocycles. The fourth-order valence-corrected chi connectivity index (χ4v) is 3.50. The van der Waals surface area contributed by atoms with Gasteiger partial charge in [0.15, 0.2) is 12.4 Å². The van der Waals surface area contributed by atoms with E-state index in [2.05, 4.69) is 40.7 Å². The monoisotopic (exact) mass is 444 g/mol. The molecule has 0 unspecified atom stereocenters. The summed E-state index contributed by atoms with van der Waals surface area (Å²) in [6.45, 7) is 9.87. The summed E-state index contributed by atoms with van der Waals surface area (Å²) in [5.74, 6) is 1.66. The van der Waals surface area contributed by atoms with Crippen LogP contribution in [0, 0.1) is 13.8 Å². The molecule has 0 spiro atoms. The Kier molecular flexibility index (Phi) is 6.00. The molecule has 0 atom stereocenters. The van der Waals surface area contributed by atoms with E-state index >= 15 is 0 Å². The quantitative estimate of drug-likeness (QED) is 0.399. The molecular formula is C25H28N6O2. The second-order valence-corrected chi connectivity index (χ2v) is 9.02. The molecule has 2 heterocycles. The van der Waals surface area contributed by atoms with Gasteiger partial charge in [0.1, 0.15) is 11.6 Å². The number of fused-ring (bicyclic) bond motifs is 1. The van der Waals surface area contributed by atoms with E-state index in [4.69, 9.17) is 14.7 Å². The molecule has 0 radical (unpaired) electrons. The second-order valence-electron chi connectivity index (χ2n) is 9.02. The zero-order chi connectivity index (χ0) is 23.6. The maximum absolute atomic E-state index is 12.1. The van der Waals surface area contributed by atoms with Crippen LogP contribution in [0.15, 0.2) is 48.8 Å². The van der Waals surface area contributed by atoms with Gasteiger partial charge in [0.2, 0.25) is 0 Å². The van der Waals surface area contributed by atoms with E-state index in [1.165, 1.54) is 0 Å². The van der Waals surface area contributed by atoms with E-state index in [0.717, 1.165) is 33.3 Å². The normalized spacial score (nSPS) is 11.4. The lowest BCUT2D eigenvalue weighted by Crippen LogP contribution is -2.43. The Morgan fingerprint density at radius 1 is 1.12 bits per heavy atom. The van der Waals surface area contributed by atoms with Gasteiger partial charge in [-0.1, -0.05) is 18.2 Å². The number of hydrogen-bond donors (Lipinski definition) is 3. The average molecular weight is 445 g/mol. The molecule has 170 valence electrons. The zero-order valence-electron chi connectivity index (χ0n) is 19.5. The summed E-state index contributed by atoms with van der Waals surface area (Å²) in [6, 6.07) is 11.5. The Morgan fingerprint density at radius 2 is 1.94 bits per heavy atom. The summed E-state index contributed by atoms with van der Waals surface area (Å²) in [5, 5.41) is 14.0. The molecule has 2 aromatic heterocycles.